The van der Waals surface area contributed by atoms with Crippen molar-refractivity contribution in [1.29, 1.82) is 0 Å². The Balaban J connectivity index is 2.14. The van der Waals surface area contributed by atoms with E-state index in [2.05, 4.69) is 12.2 Å². The highest BCUT2D eigenvalue weighted by Gasteiger charge is 2.35. The van der Waals surface area contributed by atoms with Gasteiger partial charge in [-0.1, -0.05) is 13.0 Å². The van der Waals surface area contributed by atoms with E-state index < -0.39 is 23.7 Å². The van der Waals surface area contributed by atoms with Gasteiger partial charge in [0.1, 0.15) is 5.82 Å². The molecule has 0 spiro atoms. The molecule has 118 valence electrons. The van der Waals surface area contributed by atoms with Crippen molar-refractivity contribution in [3.05, 3.63) is 35.1 Å². The molecule has 0 saturated carbocycles. The highest BCUT2D eigenvalue weighted by atomic mass is 19.4. The van der Waals surface area contributed by atoms with Crippen molar-refractivity contribution < 1.29 is 22.3 Å². The van der Waals surface area contributed by atoms with Gasteiger partial charge in [0.05, 0.1) is 11.7 Å². The first-order valence-corrected chi connectivity index (χ1v) is 7.13. The van der Waals surface area contributed by atoms with Crippen LogP contribution in [0.2, 0.25) is 0 Å². The summed E-state index contributed by atoms with van der Waals surface area (Å²) < 4.78 is 57.1. The number of hydrogen-bond acceptors (Lipinski definition) is 2. The molecule has 0 aromatic heterocycles. The topological polar surface area (TPSA) is 21.3 Å². The molecule has 6 heteroatoms. The summed E-state index contributed by atoms with van der Waals surface area (Å²) in [7, 11) is 0. The van der Waals surface area contributed by atoms with Gasteiger partial charge < -0.3 is 10.1 Å². The number of ether oxygens (including phenoxy) is 1. The van der Waals surface area contributed by atoms with E-state index in [0.717, 1.165) is 31.5 Å². The van der Waals surface area contributed by atoms with E-state index in [-0.39, 0.29) is 6.04 Å². The zero-order valence-electron chi connectivity index (χ0n) is 11.8. The molecule has 21 heavy (non-hydrogen) atoms. The Kier molecular flexibility index (Phi) is 5.22. The summed E-state index contributed by atoms with van der Waals surface area (Å²) >= 11 is 0. The van der Waals surface area contributed by atoms with Crippen LogP contribution < -0.4 is 5.32 Å². The lowest BCUT2D eigenvalue weighted by Gasteiger charge is -2.30. The number of halogens is 4. The first-order chi connectivity index (χ1) is 9.91. The molecular weight excluding hydrogens is 286 g/mol. The standard InChI is InChI=1S/C15H19F4NO/c1-2-6-20-11-5-7-21-14(9-11)10-3-4-13(16)12(8-10)15(17,18)19/h3-4,8,11,14,20H,2,5-7,9H2,1H3. The molecular formula is C15H19F4NO. The minimum atomic E-state index is -4.69. The Bertz CT molecular complexity index is 475. The number of benzene rings is 1. The third-order valence-corrected chi connectivity index (χ3v) is 3.63. The molecule has 1 aliphatic rings. The summed E-state index contributed by atoms with van der Waals surface area (Å²) in [6.07, 6.45) is -2.67. The maximum atomic E-state index is 13.3. The van der Waals surface area contributed by atoms with E-state index in [1.54, 1.807) is 0 Å². The number of rotatable bonds is 4. The summed E-state index contributed by atoms with van der Waals surface area (Å²) in [6, 6.07) is 3.33. The lowest BCUT2D eigenvalue weighted by atomic mass is 9.96. The first-order valence-electron chi connectivity index (χ1n) is 7.13. The first kappa shape index (κ1) is 16.2. The molecule has 2 rings (SSSR count). The van der Waals surface area contributed by atoms with Gasteiger partial charge in [0.15, 0.2) is 0 Å². The van der Waals surface area contributed by atoms with Crippen molar-refractivity contribution in [1.82, 2.24) is 5.32 Å². The van der Waals surface area contributed by atoms with Crippen molar-refractivity contribution in [2.75, 3.05) is 13.2 Å². The smallest absolute Gasteiger partial charge is 0.373 e. The monoisotopic (exact) mass is 305 g/mol. The third-order valence-electron chi connectivity index (χ3n) is 3.63. The minimum Gasteiger partial charge on any atom is -0.373 e. The predicted molar refractivity (Wildman–Crippen MR) is 71.4 cm³/mol. The number of alkyl halides is 3. The van der Waals surface area contributed by atoms with Crippen molar-refractivity contribution >= 4 is 0 Å². The molecule has 2 unspecified atom stereocenters. The Morgan fingerprint density at radius 3 is 2.76 bits per heavy atom. The molecule has 1 heterocycles. The van der Waals surface area contributed by atoms with Gasteiger partial charge in [-0.25, -0.2) is 4.39 Å². The largest absolute Gasteiger partial charge is 0.419 e. The summed E-state index contributed by atoms with van der Waals surface area (Å²) in [5.74, 6) is -1.25. The molecule has 0 amide bonds. The second-order valence-electron chi connectivity index (χ2n) is 5.27. The summed E-state index contributed by atoms with van der Waals surface area (Å²) in [6.45, 7) is 3.42. The number of nitrogens with one attached hydrogen (secondary N) is 1. The lowest BCUT2D eigenvalue weighted by molar-refractivity contribution is -0.140. The maximum absolute atomic E-state index is 13.3. The van der Waals surface area contributed by atoms with Crippen LogP contribution in [-0.4, -0.2) is 19.2 Å². The Morgan fingerprint density at radius 1 is 1.33 bits per heavy atom. The maximum Gasteiger partial charge on any atom is 0.419 e. The molecule has 1 aromatic rings. The fourth-order valence-corrected chi connectivity index (χ4v) is 2.52. The van der Waals surface area contributed by atoms with Crippen LogP contribution in [-0.2, 0) is 10.9 Å². The van der Waals surface area contributed by atoms with Gasteiger partial charge in [0.25, 0.3) is 0 Å². The van der Waals surface area contributed by atoms with E-state index in [0.29, 0.717) is 18.6 Å². The SMILES string of the molecule is CCCNC1CCOC(c2ccc(F)c(C(F)(F)F)c2)C1. The summed E-state index contributed by atoms with van der Waals surface area (Å²) in [5.41, 5.74) is -0.848. The average Bonchev–Trinajstić information content (AvgIpc) is 2.44. The Morgan fingerprint density at radius 2 is 2.10 bits per heavy atom. The van der Waals surface area contributed by atoms with Crippen LogP contribution in [0.3, 0.4) is 0 Å². The van der Waals surface area contributed by atoms with Crippen LogP contribution >= 0.6 is 0 Å². The summed E-state index contributed by atoms with van der Waals surface area (Å²) in [5, 5.41) is 3.35. The Hall–Kier alpha value is -1.14. The van der Waals surface area contributed by atoms with Gasteiger partial charge in [-0.2, -0.15) is 13.2 Å². The molecule has 1 fully saturated rings. The molecule has 1 aromatic carbocycles. The van der Waals surface area contributed by atoms with E-state index in [1.165, 1.54) is 6.07 Å². The molecule has 1 saturated heterocycles. The van der Waals surface area contributed by atoms with Crippen molar-refractivity contribution in [3.8, 4) is 0 Å². The van der Waals surface area contributed by atoms with Crippen LogP contribution in [0.1, 0.15) is 43.4 Å². The van der Waals surface area contributed by atoms with E-state index in [1.807, 2.05) is 0 Å². The molecule has 1 aliphatic heterocycles. The van der Waals surface area contributed by atoms with E-state index in [9.17, 15) is 17.6 Å². The van der Waals surface area contributed by atoms with Crippen LogP contribution in [0.4, 0.5) is 17.6 Å². The molecule has 2 atom stereocenters. The number of hydrogen-bond donors (Lipinski definition) is 1. The molecule has 0 aliphatic carbocycles. The highest BCUT2D eigenvalue weighted by Crippen LogP contribution is 2.35. The third kappa shape index (κ3) is 4.17. The van der Waals surface area contributed by atoms with Crippen molar-refractivity contribution in [2.45, 2.75) is 44.5 Å². The van der Waals surface area contributed by atoms with Gasteiger partial charge in [-0.15, -0.1) is 0 Å². The molecule has 0 radical (unpaired) electrons. The van der Waals surface area contributed by atoms with Gasteiger partial charge in [0, 0.05) is 12.6 Å². The molecule has 0 bridgehead atoms. The molecule has 1 N–H and O–H groups in total. The van der Waals surface area contributed by atoms with Crippen LogP contribution in [0, 0.1) is 5.82 Å². The van der Waals surface area contributed by atoms with Gasteiger partial charge in [0.2, 0.25) is 0 Å². The second kappa shape index (κ2) is 6.75. The predicted octanol–water partition coefficient (Wildman–Crippen LogP) is 4.06. The van der Waals surface area contributed by atoms with Gasteiger partial charge in [-0.3, -0.25) is 0 Å². The minimum absolute atomic E-state index is 0.225. The Labute approximate surface area is 121 Å². The van der Waals surface area contributed by atoms with E-state index >= 15 is 0 Å². The lowest BCUT2D eigenvalue weighted by Crippen LogP contribution is -2.36. The molecule has 2 nitrogen and oxygen atoms in total. The zero-order chi connectivity index (χ0) is 15.5. The second-order valence-corrected chi connectivity index (χ2v) is 5.27. The van der Waals surface area contributed by atoms with Gasteiger partial charge >= 0.3 is 6.18 Å². The quantitative estimate of drug-likeness (QED) is 0.847. The van der Waals surface area contributed by atoms with E-state index in [4.69, 9.17) is 4.74 Å². The van der Waals surface area contributed by atoms with Crippen molar-refractivity contribution in [2.24, 2.45) is 0 Å². The average molecular weight is 305 g/mol. The van der Waals surface area contributed by atoms with Crippen LogP contribution in [0.25, 0.3) is 0 Å². The van der Waals surface area contributed by atoms with Crippen molar-refractivity contribution in [3.63, 3.8) is 0 Å². The highest BCUT2D eigenvalue weighted by molar-refractivity contribution is 5.29. The zero-order valence-corrected chi connectivity index (χ0v) is 11.8. The van der Waals surface area contributed by atoms with Crippen LogP contribution in [0.5, 0.6) is 0 Å². The fraction of sp³-hybridized carbons (Fsp3) is 0.600. The normalized spacial score (nSPS) is 23.3. The van der Waals surface area contributed by atoms with Crippen LogP contribution in [0.15, 0.2) is 18.2 Å². The fourth-order valence-electron chi connectivity index (χ4n) is 2.52. The summed E-state index contributed by atoms with van der Waals surface area (Å²) in [4.78, 5) is 0. The van der Waals surface area contributed by atoms with Gasteiger partial charge in [-0.05, 0) is 43.5 Å².